The number of thiophene rings is 1. The topological polar surface area (TPSA) is 58.2 Å². The number of methoxy groups -OCH3 is 1. The Morgan fingerprint density at radius 3 is 3.26 bits per heavy atom. The van der Waals surface area contributed by atoms with E-state index in [0.29, 0.717) is 17.3 Å². The summed E-state index contributed by atoms with van der Waals surface area (Å²) in [4.78, 5) is 21.6. The lowest BCUT2D eigenvalue weighted by Gasteiger charge is -2.14. The third kappa shape index (κ3) is 2.74. The van der Waals surface area contributed by atoms with Crippen LogP contribution in [0.15, 0.2) is 14.6 Å². The smallest absolute Gasteiger partial charge is 0.268 e. The van der Waals surface area contributed by atoms with E-state index in [1.54, 1.807) is 7.11 Å². The Morgan fingerprint density at radius 1 is 1.68 bits per heavy atom. The van der Waals surface area contributed by atoms with Gasteiger partial charge in [-0.05, 0) is 28.4 Å². The third-order valence-electron chi connectivity index (χ3n) is 3.34. The summed E-state index contributed by atoms with van der Waals surface area (Å²) in [5.74, 6) is 0.722. The van der Waals surface area contributed by atoms with Crippen molar-refractivity contribution in [3.8, 4) is 0 Å². The summed E-state index contributed by atoms with van der Waals surface area (Å²) < 4.78 is 6.94. The zero-order valence-electron chi connectivity index (χ0n) is 10.5. The van der Waals surface area contributed by atoms with Gasteiger partial charge in [0.2, 0.25) is 0 Å². The Hall–Kier alpha value is -0.760. The van der Waals surface area contributed by atoms with Crippen LogP contribution in [0.1, 0.15) is 12.2 Å². The second-order valence-electron chi connectivity index (χ2n) is 4.66. The van der Waals surface area contributed by atoms with Crippen LogP contribution in [0.2, 0.25) is 0 Å². The zero-order chi connectivity index (χ0) is 13.4. The molecule has 0 unspecified atom stereocenters. The lowest BCUT2D eigenvalue weighted by Crippen LogP contribution is -2.25. The average molecular weight is 344 g/mol. The molecule has 1 saturated heterocycles. The van der Waals surface area contributed by atoms with E-state index in [-0.39, 0.29) is 5.56 Å². The normalized spacial score (nSPS) is 20.4. The molecular weight excluding hydrogens is 330 g/mol. The van der Waals surface area contributed by atoms with Crippen molar-refractivity contribution < 1.29 is 4.74 Å². The highest BCUT2D eigenvalue weighted by atomic mass is 79.9. The predicted octanol–water partition coefficient (Wildman–Crippen LogP) is 1.97. The van der Waals surface area contributed by atoms with Crippen molar-refractivity contribution in [3.63, 3.8) is 0 Å². The van der Waals surface area contributed by atoms with Crippen molar-refractivity contribution in [2.45, 2.75) is 19.1 Å². The molecule has 2 aromatic heterocycles. The number of H-pyrrole nitrogens is 1. The number of rotatable bonds is 3. The highest BCUT2D eigenvalue weighted by Crippen LogP contribution is 2.25. The molecule has 1 atom stereocenters. The molecule has 1 aliphatic heterocycles. The van der Waals surface area contributed by atoms with Gasteiger partial charge < -0.3 is 9.72 Å². The molecule has 1 N–H and O–H groups in total. The van der Waals surface area contributed by atoms with Crippen LogP contribution < -0.4 is 5.56 Å². The number of likely N-dealkylation sites (tertiary alicyclic amines) is 1. The quantitative estimate of drug-likeness (QED) is 0.925. The fraction of sp³-hybridized carbons (Fsp3) is 0.500. The monoisotopic (exact) mass is 343 g/mol. The molecule has 0 spiro atoms. The van der Waals surface area contributed by atoms with Gasteiger partial charge in [-0.3, -0.25) is 9.69 Å². The largest absolute Gasteiger partial charge is 0.380 e. The van der Waals surface area contributed by atoms with Gasteiger partial charge in [-0.25, -0.2) is 4.98 Å². The second-order valence-corrected chi connectivity index (χ2v) is 7.09. The van der Waals surface area contributed by atoms with Gasteiger partial charge in [0, 0.05) is 20.2 Å². The molecule has 102 valence electrons. The average Bonchev–Trinajstić information content (AvgIpc) is 2.95. The Labute approximate surface area is 122 Å². The first-order valence-electron chi connectivity index (χ1n) is 6.09. The second kappa shape index (κ2) is 5.32. The van der Waals surface area contributed by atoms with Crippen LogP contribution in [0.5, 0.6) is 0 Å². The van der Waals surface area contributed by atoms with E-state index in [1.165, 1.54) is 11.3 Å². The summed E-state index contributed by atoms with van der Waals surface area (Å²) in [5, 5.41) is 0. The SMILES string of the molecule is CO[C@@H]1CCN(Cc2nc3cc(Br)sc3c(=O)[nH]2)C1. The summed E-state index contributed by atoms with van der Waals surface area (Å²) in [6, 6.07) is 1.89. The van der Waals surface area contributed by atoms with Crippen molar-refractivity contribution in [1.29, 1.82) is 0 Å². The first kappa shape index (κ1) is 13.2. The molecule has 0 bridgehead atoms. The van der Waals surface area contributed by atoms with E-state index in [0.717, 1.165) is 34.6 Å². The molecule has 1 aliphatic rings. The molecule has 5 nitrogen and oxygen atoms in total. The number of hydrogen-bond donors (Lipinski definition) is 1. The van der Waals surface area contributed by atoms with Crippen LogP contribution in [0.3, 0.4) is 0 Å². The number of ether oxygens (including phenoxy) is 1. The predicted molar refractivity (Wildman–Crippen MR) is 78.6 cm³/mol. The number of nitrogens with one attached hydrogen (secondary N) is 1. The molecule has 1 fully saturated rings. The number of halogens is 1. The Balaban J connectivity index is 1.83. The summed E-state index contributed by atoms with van der Waals surface area (Å²) in [7, 11) is 1.74. The maximum absolute atomic E-state index is 12.0. The van der Waals surface area contributed by atoms with E-state index in [9.17, 15) is 4.79 Å². The van der Waals surface area contributed by atoms with Gasteiger partial charge in [0.15, 0.2) is 0 Å². The lowest BCUT2D eigenvalue weighted by atomic mass is 10.3. The molecule has 19 heavy (non-hydrogen) atoms. The van der Waals surface area contributed by atoms with Crippen LogP contribution in [-0.4, -0.2) is 41.2 Å². The van der Waals surface area contributed by atoms with Crippen molar-refractivity contribution in [2.24, 2.45) is 0 Å². The van der Waals surface area contributed by atoms with Crippen LogP contribution >= 0.6 is 27.3 Å². The Bertz CT molecular complexity index is 654. The van der Waals surface area contributed by atoms with E-state index in [4.69, 9.17) is 4.74 Å². The number of aromatic nitrogens is 2. The van der Waals surface area contributed by atoms with E-state index in [2.05, 4.69) is 30.8 Å². The summed E-state index contributed by atoms with van der Waals surface area (Å²) in [5.41, 5.74) is 0.705. The number of hydrogen-bond acceptors (Lipinski definition) is 5. The highest BCUT2D eigenvalue weighted by molar-refractivity contribution is 9.11. The minimum absolute atomic E-state index is 0.0572. The molecule has 0 saturated carbocycles. The van der Waals surface area contributed by atoms with Crippen LogP contribution in [0.25, 0.3) is 10.2 Å². The van der Waals surface area contributed by atoms with E-state index in [1.807, 2.05) is 6.07 Å². The molecule has 2 aromatic rings. The first-order chi connectivity index (χ1) is 9.15. The Kier molecular flexibility index (Phi) is 3.70. The molecule has 3 rings (SSSR count). The van der Waals surface area contributed by atoms with Crippen molar-refractivity contribution in [1.82, 2.24) is 14.9 Å². The van der Waals surface area contributed by atoms with Crippen LogP contribution in [0, 0.1) is 0 Å². The Morgan fingerprint density at radius 2 is 2.53 bits per heavy atom. The number of aromatic amines is 1. The minimum Gasteiger partial charge on any atom is -0.380 e. The molecule has 3 heterocycles. The fourth-order valence-electron chi connectivity index (χ4n) is 2.38. The maximum Gasteiger partial charge on any atom is 0.268 e. The van der Waals surface area contributed by atoms with Gasteiger partial charge in [-0.1, -0.05) is 0 Å². The lowest BCUT2D eigenvalue weighted by molar-refractivity contribution is 0.107. The minimum atomic E-state index is -0.0572. The van der Waals surface area contributed by atoms with Gasteiger partial charge in [-0.15, -0.1) is 11.3 Å². The van der Waals surface area contributed by atoms with E-state index < -0.39 is 0 Å². The number of fused-ring (bicyclic) bond motifs is 1. The standard InChI is InChI=1S/C12H14BrN3O2S/c1-18-7-2-3-16(5-7)6-10-14-8-4-9(13)19-11(8)12(17)15-10/h4,7H,2-3,5-6H2,1H3,(H,14,15,17)/t7-/m1/s1. The van der Waals surface area contributed by atoms with Crippen molar-refractivity contribution in [2.75, 3.05) is 20.2 Å². The zero-order valence-corrected chi connectivity index (χ0v) is 12.9. The summed E-state index contributed by atoms with van der Waals surface area (Å²) in [6.07, 6.45) is 1.33. The van der Waals surface area contributed by atoms with E-state index >= 15 is 0 Å². The third-order valence-corrected chi connectivity index (χ3v) is 4.96. The summed E-state index contributed by atoms with van der Waals surface area (Å²) >= 11 is 4.80. The molecule has 0 aliphatic carbocycles. The molecule has 7 heteroatoms. The van der Waals surface area contributed by atoms with Gasteiger partial charge in [0.1, 0.15) is 10.5 Å². The fourth-order valence-corrected chi connectivity index (χ4v) is 3.80. The van der Waals surface area contributed by atoms with Gasteiger partial charge in [0.05, 0.1) is 22.0 Å². The van der Waals surface area contributed by atoms with Crippen LogP contribution in [-0.2, 0) is 11.3 Å². The maximum atomic E-state index is 12.0. The van der Waals surface area contributed by atoms with Gasteiger partial charge in [-0.2, -0.15) is 0 Å². The van der Waals surface area contributed by atoms with Gasteiger partial charge in [0.25, 0.3) is 5.56 Å². The number of nitrogens with zero attached hydrogens (tertiary/aromatic N) is 2. The molecule has 0 amide bonds. The summed E-state index contributed by atoms with van der Waals surface area (Å²) in [6.45, 7) is 2.54. The van der Waals surface area contributed by atoms with Gasteiger partial charge >= 0.3 is 0 Å². The van der Waals surface area contributed by atoms with Crippen molar-refractivity contribution >= 4 is 37.5 Å². The molecule has 0 radical (unpaired) electrons. The molecular formula is C12H14BrN3O2S. The molecule has 0 aromatic carbocycles. The van der Waals surface area contributed by atoms with Crippen LogP contribution in [0.4, 0.5) is 0 Å². The van der Waals surface area contributed by atoms with Crippen molar-refractivity contribution in [3.05, 3.63) is 26.0 Å². The first-order valence-corrected chi connectivity index (χ1v) is 7.70. The highest BCUT2D eigenvalue weighted by Gasteiger charge is 2.22.